The van der Waals surface area contributed by atoms with Gasteiger partial charge in [-0.2, -0.15) is 0 Å². The van der Waals surface area contributed by atoms with Crippen molar-refractivity contribution in [3.05, 3.63) is 60.7 Å². The molecule has 0 radical (unpaired) electrons. The van der Waals surface area contributed by atoms with E-state index in [9.17, 15) is 19.2 Å². The van der Waals surface area contributed by atoms with E-state index in [0.29, 0.717) is 76.1 Å². The van der Waals surface area contributed by atoms with Crippen LogP contribution in [0.3, 0.4) is 0 Å². The van der Waals surface area contributed by atoms with E-state index in [1.807, 2.05) is 60.7 Å². The fourth-order valence-electron chi connectivity index (χ4n) is 5.55. The number of anilines is 2. The molecule has 2 rings (SSSR count). The monoisotopic (exact) mass is 694 g/mol. The highest BCUT2D eigenvalue weighted by atomic mass is 16.2. The third-order valence-corrected chi connectivity index (χ3v) is 8.62. The number of amides is 4. The van der Waals surface area contributed by atoms with Crippen molar-refractivity contribution in [3.63, 3.8) is 0 Å². The Hall–Kier alpha value is -3.84. The number of para-hydroxylation sites is 2. The highest BCUT2D eigenvalue weighted by Gasteiger charge is 2.27. The van der Waals surface area contributed by atoms with Gasteiger partial charge in [0.25, 0.3) is 0 Å². The van der Waals surface area contributed by atoms with Gasteiger partial charge < -0.3 is 32.7 Å². The lowest BCUT2D eigenvalue weighted by molar-refractivity contribution is -0.130. The summed E-state index contributed by atoms with van der Waals surface area (Å²) in [7, 11) is 0. The van der Waals surface area contributed by atoms with Crippen molar-refractivity contribution in [3.8, 4) is 0 Å². The molecule has 0 aliphatic carbocycles. The zero-order valence-electron chi connectivity index (χ0n) is 30.2. The molecule has 2 aromatic rings. The van der Waals surface area contributed by atoms with Crippen molar-refractivity contribution in [2.75, 3.05) is 36.8 Å². The Morgan fingerprint density at radius 3 is 1.24 bits per heavy atom. The van der Waals surface area contributed by atoms with Gasteiger partial charge in [-0.1, -0.05) is 75.9 Å². The second kappa shape index (κ2) is 26.0. The number of carbonyl (C=O) groups excluding carboxylic acids is 4. The molecule has 0 aliphatic rings. The Labute approximate surface area is 299 Å². The molecule has 0 aliphatic heterocycles. The van der Waals surface area contributed by atoms with Gasteiger partial charge >= 0.3 is 0 Å². The van der Waals surface area contributed by atoms with Gasteiger partial charge in [-0.3, -0.25) is 30.0 Å². The average Bonchev–Trinajstić information content (AvgIpc) is 3.12. The summed E-state index contributed by atoms with van der Waals surface area (Å²) >= 11 is 0. The Morgan fingerprint density at radius 2 is 0.900 bits per heavy atom. The first-order chi connectivity index (χ1) is 24.3. The highest BCUT2D eigenvalue weighted by Crippen LogP contribution is 2.14. The molecule has 4 atom stereocenters. The van der Waals surface area contributed by atoms with Crippen LogP contribution in [0.4, 0.5) is 11.4 Å². The van der Waals surface area contributed by atoms with Crippen LogP contribution in [-0.2, 0) is 19.2 Å². The van der Waals surface area contributed by atoms with Crippen molar-refractivity contribution < 1.29 is 19.2 Å². The van der Waals surface area contributed by atoms with Crippen LogP contribution in [0.2, 0.25) is 0 Å². The van der Waals surface area contributed by atoms with E-state index in [1.165, 1.54) is 0 Å². The van der Waals surface area contributed by atoms with E-state index in [1.54, 1.807) is 0 Å². The molecule has 0 fully saturated rings. The Morgan fingerprint density at radius 1 is 0.520 bits per heavy atom. The lowest BCUT2D eigenvalue weighted by Gasteiger charge is -2.24. The number of unbranched alkanes of at least 4 members (excludes halogenated alkanes) is 4. The molecule has 0 saturated heterocycles. The highest BCUT2D eigenvalue weighted by molar-refractivity contribution is 5.98. The van der Waals surface area contributed by atoms with Gasteiger partial charge in [-0.15, -0.1) is 0 Å². The van der Waals surface area contributed by atoms with Crippen LogP contribution in [0.15, 0.2) is 60.7 Å². The number of nitrogens with one attached hydrogen (secondary N) is 6. The van der Waals surface area contributed by atoms with Gasteiger partial charge in [0.2, 0.25) is 23.6 Å². The maximum Gasteiger partial charge on any atom is 0.246 e. The fourth-order valence-corrected chi connectivity index (χ4v) is 5.55. The summed E-state index contributed by atoms with van der Waals surface area (Å²) in [5.74, 6) is -1.69. The number of hydrogen-bond donors (Lipinski definition) is 8. The summed E-state index contributed by atoms with van der Waals surface area (Å²) in [6, 6.07) is 17.0. The van der Waals surface area contributed by atoms with Gasteiger partial charge in [-0.25, -0.2) is 0 Å². The van der Waals surface area contributed by atoms with Gasteiger partial charge in [0.15, 0.2) is 0 Å². The van der Waals surface area contributed by atoms with Crippen LogP contribution in [0.25, 0.3) is 0 Å². The quantitative estimate of drug-likeness (QED) is 0.0504. The number of nitrogens with two attached hydrogens (primary N) is 2. The molecule has 10 N–H and O–H groups in total. The Kier molecular flexibility index (Phi) is 22.0. The predicted molar refractivity (Wildman–Crippen MR) is 202 cm³/mol. The molecule has 0 aromatic heterocycles. The number of hydrazine groups is 1. The minimum atomic E-state index is -0.689. The molecular formula is C38H62N8O4. The summed E-state index contributed by atoms with van der Waals surface area (Å²) in [5, 5.41) is 11.8. The topological polar surface area (TPSA) is 192 Å². The smallest absolute Gasteiger partial charge is 0.246 e. The van der Waals surface area contributed by atoms with Gasteiger partial charge in [-0.05, 0) is 88.7 Å². The Bertz CT molecular complexity index is 1140. The Balaban J connectivity index is 2.03. The largest absolute Gasteiger partial charge is 0.344 e. The van der Waals surface area contributed by atoms with E-state index >= 15 is 0 Å². The second-order valence-electron chi connectivity index (χ2n) is 12.8. The van der Waals surface area contributed by atoms with E-state index in [-0.39, 0.29) is 35.5 Å². The maximum atomic E-state index is 13.6. The lowest BCUT2D eigenvalue weighted by Crippen LogP contribution is -2.51. The average molecular weight is 695 g/mol. The van der Waals surface area contributed by atoms with E-state index < -0.39 is 12.1 Å². The third-order valence-electron chi connectivity index (χ3n) is 8.62. The SMILES string of the molecule is CCCC[C@@H](CNNC[C@H](CCCC)C(=O)N[C@@H](CCCCN)C(=O)Nc1ccccc1)C(=O)N[C@@H](CCCCN)C(=O)Nc1ccccc1. The van der Waals surface area contributed by atoms with E-state index in [4.69, 9.17) is 11.5 Å². The summed E-state index contributed by atoms with van der Waals surface area (Å²) in [6.45, 7) is 5.83. The summed E-state index contributed by atoms with van der Waals surface area (Å²) in [5.41, 5.74) is 19.1. The molecular weight excluding hydrogens is 632 g/mol. The predicted octanol–water partition coefficient (Wildman–Crippen LogP) is 4.20. The van der Waals surface area contributed by atoms with Crippen LogP contribution in [0, 0.1) is 11.8 Å². The van der Waals surface area contributed by atoms with Crippen molar-refractivity contribution in [1.82, 2.24) is 21.5 Å². The second-order valence-corrected chi connectivity index (χ2v) is 12.8. The van der Waals surface area contributed by atoms with Gasteiger partial charge in [0, 0.05) is 24.5 Å². The number of hydrogen-bond acceptors (Lipinski definition) is 8. The molecule has 2 aromatic carbocycles. The number of carbonyl (C=O) groups is 4. The molecule has 50 heavy (non-hydrogen) atoms. The first-order valence-electron chi connectivity index (χ1n) is 18.5. The van der Waals surface area contributed by atoms with Crippen molar-refractivity contribution in [1.29, 1.82) is 0 Å². The van der Waals surface area contributed by atoms with Crippen LogP contribution in [-0.4, -0.2) is 61.9 Å². The van der Waals surface area contributed by atoms with Crippen LogP contribution >= 0.6 is 0 Å². The number of benzene rings is 2. The third kappa shape index (κ3) is 17.2. The van der Waals surface area contributed by atoms with Crippen molar-refractivity contribution in [2.45, 2.75) is 103 Å². The molecule has 12 nitrogen and oxygen atoms in total. The summed E-state index contributed by atoms with van der Waals surface area (Å²) < 4.78 is 0. The van der Waals surface area contributed by atoms with Crippen LogP contribution in [0.5, 0.6) is 0 Å². The standard InChI is InChI=1S/C38H62N8O4/c1-3-5-17-29(35(47)45-33(23-13-15-25-39)37(49)43-31-19-9-7-10-20-31)27-41-42-28-30(18-6-4-2)36(48)46-34(24-14-16-26-40)38(50)44-32-21-11-8-12-22-32/h7-12,19-22,29-30,33-34,41-42H,3-6,13-18,23-28,39-40H2,1-2H3,(H,43,49)(H,44,50)(H,45,47)(H,46,48)/t29-,30-,33-,34-/m0/s1. The molecule has 0 spiro atoms. The molecule has 278 valence electrons. The maximum absolute atomic E-state index is 13.6. The minimum Gasteiger partial charge on any atom is -0.344 e. The van der Waals surface area contributed by atoms with E-state index in [0.717, 1.165) is 38.5 Å². The summed E-state index contributed by atoms with van der Waals surface area (Å²) in [6.07, 6.45) is 8.77. The first kappa shape index (κ1) is 42.3. The molecule has 4 amide bonds. The van der Waals surface area contributed by atoms with Crippen molar-refractivity contribution in [2.24, 2.45) is 23.3 Å². The molecule has 0 saturated carbocycles. The summed E-state index contributed by atoms with van der Waals surface area (Å²) in [4.78, 5) is 53.5. The molecule has 0 bridgehead atoms. The zero-order chi connectivity index (χ0) is 36.4. The molecule has 0 heterocycles. The van der Waals surface area contributed by atoms with Gasteiger partial charge in [0.1, 0.15) is 12.1 Å². The first-order valence-corrected chi connectivity index (χ1v) is 18.5. The molecule has 0 unspecified atom stereocenters. The lowest BCUT2D eigenvalue weighted by atomic mass is 9.99. The molecule has 12 heteroatoms. The van der Waals surface area contributed by atoms with Crippen LogP contribution in [0.1, 0.15) is 90.9 Å². The fraction of sp³-hybridized carbons (Fsp3) is 0.579. The minimum absolute atomic E-state index is 0.196. The van der Waals surface area contributed by atoms with E-state index in [2.05, 4.69) is 46.0 Å². The van der Waals surface area contributed by atoms with Crippen molar-refractivity contribution >= 4 is 35.0 Å². The normalized spacial score (nSPS) is 13.4. The van der Waals surface area contributed by atoms with Gasteiger partial charge in [0.05, 0.1) is 11.8 Å². The van der Waals surface area contributed by atoms with Crippen LogP contribution < -0.4 is 43.6 Å². The zero-order valence-corrected chi connectivity index (χ0v) is 30.2. The number of rotatable bonds is 27.